The van der Waals surface area contributed by atoms with E-state index < -0.39 is 17.2 Å². The molecule has 0 aliphatic heterocycles. The van der Waals surface area contributed by atoms with Crippen LogP contribution in [0.5, 0.6) is 17.2 Å². The molecule has 6 aromatic carbocycles. The summed E-state index contributed by atoms with van der Waals surface area (Å²) in [6.45, 7) is 2.04. The maximum Gasteiger partial charge on any atom is 0.160 e. The van der Waals surface area contributed by atoms with Crippen molar-refractivity contribution < 1.29 is 19.7 Å². The van der Waals surface area contributed by atoms with Gasteiger partial charge >= 0.3 is 0 Å². The molecule has 0 amide bonds. The maximum atomic E-state index is 11.1. The molecule has 1 aromatic heterocycles. The zero-order chi connectivity index (χ0) is 27.0. The van der Waals surface area contributed by atoms with Crippen LogP contribution in [0.1, 0.15) is 5.56 Å². The van der Waals surface area contributed by atoms with Crippen molar-refractivity contribution in [2.24, 2.45) is 0 Å². The number of aryl methyl sites for hydroxylation is 1. The smallest absolute Gasteiger partial charge is 0.160 e. The minimum atomic E-state index is -0.573. The van der Waals surface area contributed by atoms with E-state index in [1.165, 1.54) is 0 Å². The van der Waals surface area contributed by atoms with Gasteiger partial charge in [0.2, 0.25) is 0 Å². The summed E-state index contributed by atoms with van der Waals surface area (Å²) in [5.41, 5.74) is 5.33. The number of hydrogen-bond acceptors (Lipinski definition) is 4. The molecule has 0 saturated heterocycles. The Kier molecular flexibility index (Phi) is 5.21. The van der Waals surface area contributed by atoms with E-state index in [-0.39, 0.29) is 15.6 Å². The summed E-state index contributed by atoms with van der Waals surface area (Å²) in [6, 6.07) is 27.8. The lowest BCUT2D eigenvalue weighted by molar-refractivity contribution is 0.431. The topological polar surface area (TPSA) is 73.8 Å². The standard InChI is InChI=1S/C33H20Cl2O4/c1-16-8-6-14-22-25-21(13-7-15-23(25)39-33(16)22)24-17-9-2-4-11-19(17)26(20-12-5-3-10-18(20)24)27-30(36)28(34)32(38)29(35)31(27)37/h2-15,36-38H,1H3. The van der Waals surface area contributed by atoms with E-state index in [0.717, 1.165) is 60.2 Å². The highest BCUT2D eigenvalue weighted by Gasteiger charge is 2.27. The van der Waals surface area contributed by atoms with Gasteiger partial charge in [-0.15, -0.1) is 0 Å². The average molecular weight is 551 g/mol. The number of phenolic OH excluding ortho intramolecular Hbond substituents is 3. The first kappa shape index (κ1) is 23.7. The van der Waals surface area contributed by atoms with Crippen LogP contribution in [0, 0.1) is 6.92 Å². The molecular formula is C33H20Cl2O4. The number of fused-ring (bicyclic) bond motifs is 5. The van der Waals surface area contributed by atoms with Crippen molar-refractivity contribution in [1.82, 2.24) is 0 Å². The van der Waals surface area contributed by atoms with Crippen molar-refractivity contribution in [3.8, 4) is 39.5 Å². The van der Waals surface area contributed by atoms with Crippen molar-refractivity contribution in [3.05, 3.63) is 101 Å². The number of aromatic hydroxyl groups is 3. The highest BCUT2D eigenvalue weighted by molar-refractivity contribution is 6.40. The average Bonchev–Trinajstić information content (AvgIpc) is 3.35. The van der Waals surface area contributed by atoms with E-state index in [1.54, 1.807) is 0 Å². The second kappa shape index (κ2) is 8.57. The molecule has 0 bridgehead atoms. The van der Waals surface area contributed by atoms with E-state index in [4.69, 9.17) is 27.6 Å². The summed E-state index contributed by atoms with van der Waals surface area (Å²) >= 11 is 12.5. The van der Waals surface area contributed by atoms with Crippen molar-refractivity contribution in [1.29, 1.82) is 0 Å². The molecule has 190 valence electrons. The molecule has 0 spiro atoms. The SMILES string of the molecule is Cc1cccc2c1oc1cccc(-c3c4ccccc4c(-c4c(O)c(Cl)c(O)c(Cl)c4O)c4ccccc34)c12. The largest absolute Gasteiger partial charge is 0.505 e. The first-order valence-corrected chi connectivity index (χ1v) is 13.1. The predicted molar refractivity (Wildman–Crippen MR) is 159 cm³/mol. The normalized spacial score (nSPS) is 11.8. The van der Waals surface area contributed by atoms with E-state index in [1.807, 2.05) is 79.7 Å². The van der Waals surface area contributed by atoms with Crippen molar-refractivity contribution >= 4 is 66.7 Å². The Morgan fingerprint density at radius 3 is 1.64 bits per heavy atom. The van der Waals surface area contributed by atoms with E-state index >= 15 is 0 Å². The number of phenols is 3. The van der Waals surface area contributed by atoms with Crippen LogP contribution in [0.25, 0.3) is 65.7 Å². The zero-order valence-electron chi connectivity index (χ0n) is 20.6. The summed E-state index contributed by atoms with van der Waals surface area (Å²) in [4.78, 5) is 0. The minimum absolute atomic E-state index is 0.0596. The van der Waals surface area contributed by atoms with Gasteiger partial charge in [0.1, 0.15) is 32.7 Å². The molecular weight excluding hydrogens is 531 g/mol. The molecule has 6 heteroatoms. The van der Waals surface area contributed by atoms with Gasteiger partial charge in [0.05, 0.1) is 5.56 Å². The lowest BCUT2D eigenvalue weighted by atomic mass is 9.84. The molecule has 7 rings (SSSR count). The Morgan fingerprint density at radius 2 is 1.05 bits per heavy atom. The van der Waals surface area contributed by atoms with Crippen molar-refractivity contribution in [2.75, 3.05) is 0 Å². The Balaban J connectivity index is 1.71. The van der Waals surface area contributed by atoms with Crippen LogP contribution in [0.3, 0.4) is 0 Å². The monoisotopic (exact) mass is 550 g/mol. The van der Waals surface area contributed by atoms with Crippen LogP contribution in [0.15, 0.2) is 89.3 Å². The fourth-order valence-corrected chi connectivity index (χ4v) is 6.20. The molecule has 0 aliphatic rings. The van der Waals surface area contributed by atoms with Gasteiger partial charge in [-0.2, -0.15) is 0 Å². The highest BCUT2D eigenvalue weighted by atomic mass is 35.5. The molecule has 0 unspecified atom stereocenters. The summed E-state index contributed by atoms with van der Waals surface area (Å²) < 4.78 is 6.31. The summed E-state index contributed by atoms with van der Waals surface area (Å²) in [7, 11) is 0. The first-order chi connectivity index (χ1) is 18.9. The van der Waals surface area contributed by atoms with E-state index in [0.29, 0.717) is 5.56 Å². The first-order valence-electron chi connectivity index (χ1n) is 12.3. The quantitative estimate of drug-likeness (QED) is 0.187. The zero-order valence-corrected chi connectivity index (χ0v) is 22.1. The van der Waals surface area contributed by atoms with Gasteiger partial charge in [-0.3, -0.25) is 0 Å². The van der Waals surface area contributed by atoms with Crippen LogP contribution < -0.4 is 0 Å². The number of benzene rings is 6. The Morgan fingerprint density at radius 1 is 0.538 bits per heavy atom. The third kappa shape index (κ3) is 3.26. The third-order valence-corrected chi connectivity index (χ3v) is 8.19. The van der Waals surface area contributed by atoms with E-state index in [9.17, 15) is 15.3 Å². The van der Waals surface area contributed by atoms with Crippen LogP contribution in [0.2, 0.25) is 10.0 Å². The fraction of sp³-hybridized carbons (Fsp3) is 0.0303. The molecule has 7 aromatic rings. The molecule has 39 heavy (non-hydrogen) atoms. The maximum absolute atomic E-state index is 11.1. The molecule has 3 N–H and O–H groups in total. The summed E-state index contributed by atoms with van der Waals surface area (Å²) in [5.74, 6) is -1.47. The number of rotatable bonds is 2. The Hall–Kier alpha value is -4.38. The van der Waals surface area contributed by atoms with Crippen molar-refractivity contribution in [2.45, 2.75) is 6.92 Å². The molecule has 0 radical (unpaired) electrons. The Bertz CT molecular complexity index is 2060. The van der Waals surface area contributed by atoms with E-state index in [2.05, 4.69) is 12.1 Å². The predicted octanol–water partition coefficient (Wildman–Crippen LogP) is 9.96. The van der Waals surface area contributed by atoms with Gasteiger partial charge in [0, 0.05) is 16.3 Å². The van der Waals surface area contributed by atoms with Gasteiger partial charge < -0.3 is 19.7 Å². The van der Waals surface area contributed by atoms with Crippen LogP contribution in [-0.4, -0.2) is 15.3 Å². The molecule has 0 fully saturated rings. The van der Waals surface area contributed by atoms with Crippen molar-refractivity contribution in [3.63, 3.8) is 0 Å². The molecule has 0 aliphatic carbocycles. The minimum Gasteiger partial charge on any atom is -0.505 e. The third-order valence-electron chi connectivity index (χ3n) is 7.48. The number of furan rings is 1. The highest BCUT2D eigenvalue weighted by Crippen LogP contribution is 2.56. The molecule has 0 saturated carbocycles. The lowest BCUT2D eigenvalue weighted by Gasteiger charge is -2.20. The number of hydrogen-bond donors (Lipinski definition) is 3. The lowest BCUT2D eigenvalue weighted by Crippen LogP contribution is -1.93. The van der Waals surface area contributed by atoms with Gasteiger partial charge in [0.15, 0.2) is 5.75 Å². The number of para-hydroxylation sites is 1. The molecule has 1 heterocycles. The second-order valence-electron chi connectivity index (χ2n) is 9.62. The molecule has 4 nitrogen and oxygen atoms in total. The van der Waals surface area contributed by atoms with Gasteiger partial charge in [0.25, 0.3) is 0 Å². The number of halogens is 2. The van der Waals surface area contributed by atoms with Crippen LogP contribution >= 0.6 is 23.2 Å². The second-order valence-corrected chi connectivity index (χ2v) is 10.4. The fourth-order valence-electron chi connectivity index (χ4n) is 5.77. The molecule has 0 atom stereocenters. The van der Waals surface area contributed by atoms with Gasteiger partial charge in [-0.05, 0) is 51.2 Å². The Labute approximate surface area is 232 Å². The van der Waals surface area contributed by atoms with Crippen LogP contribution in [0.4, 0.5) is 0 Å². The van der Waals surface area contributed by atoms with Gasteiger partial charge in [-0.25, -0.2) is 0 Å². The van der Waals surface area contributed by atoms with Crippen LogP contribution in [-0.2, 0) is 0 Å². The van der Waals surface area contributed by atoms with Gasteiger partial charge in [-0.1, -0.05) is 102 Å². The summed E-state index contributed by atoms with van der Waals surface area (Å²) in [6.07, 6.45) is 0. The summed E-state index contributed by atoms with van der Waals surface area (Å²) in [5, 5.41) is 37.2.